The summed E-state index contributed by atoms with van der Waals surface area (Å²) < 4.78 is 18.0. The average Bonchev–Trinajstić information content (AvgIpc) is 2.93. The zero-order chi connectivity index (χ0) is 25.5. The molecule has 9 atom stereocenters. The molecule has 4 saturated heterocycles. The third-order valence-corrected chi connectivity index (χ3v) is 11.0. The lowest BCUT2D eigenvalue weighted by Gasteiger charge is -2.55. The number of piperidine rings is 2. The van der Waals surface area contributed by atoms with Crippen molar-refractivity contribution in [1.29, 1.82) is 0 Å². The number of carbonyl (C=O) groups is 2. The van der Waals surface area contributed by atoms with E-state index in [0.717, 1.165) is 58.2 Å². The van der Waals surface area contributed by atoms with E-state index in [1.165, 1.54) is 19.3 Å². The Bertz CT molecular complexity index is 825. The fraction of sp³-hybridized carbons (Fsp3) is 0.931. The van der Waals surface area contributed by atoms with Crippen molar-refractivity contribution >= 4 is 11.8 Å². The maximum absolute atomic E-state index is 14.0. The second-order valence-corrected chi connectivity index (χ2v) is 12.8. The van der Waals surface area contributed by atoms with Gasteiger partial charge < -0.3 is 24.6 Å². The van der Waals surface area contributed by atoms with E-state index in [0.29, 0.717) is 43.6 Å². The van der Waals surface area contributed by atoms with Gasteiger partial charge in [0.15, 0.2) is 0 Å². The van der Waals surface area contributed by atoms with Crippen molar-refractivity contribution in [2.24, 2.45) is 35.5 Å². The Morgan fingerprint density at radius 2 is 1.78 bits per heavy atom. The van der Waals surface area contributed by atoms with Crippen molar-refractivity contribution in [3.05, 3.63) is 0 Å². The predicted molar refractivity (Wildman–Crippen MR) is 135 cm³/mol. The molecule has 8 nitrogen and oxygen atoms in total. The number of carbonyl (C=O) groups excluding carboxylic acids is 2. The molecule has 2 aliphatic carbocycles. The number of methoxy groups -OCH3 is 1. The van der Waals surface area contributed by atoms with Crippen LogP contribution in [-0.2, 0) is 23.8 Å². The van der Waals surface area contributed by atoms with Crippen molar-refractivity contribution in [2.75, 3.05) is 33.4 Å². The highest BCUT2D eigenvalue weighted by atomic mass is 16.6. The average molecular weight is 520 g/mol. The maximum atomic E-state index is 14.0. The van der Waals surface area contributed by atoms with E-state index < -0.39 is 12.0 Å². The molecule has 2 saturated carbocycles. The highest BCUT2D eigenvalue weighted by Crippen LogP contribution is 2.50. The molecule has 6 fully saturated rings. The Labute approximate surface area is 221 Å². The summed E-state index contributed by atoms with van der Waals surface area (Å²) in [6, 6.07) is 0. The summed E-state index contributed by atoms with van der Waals surface area (Å²) in [7, 11) is 1.77. The van der Waals surface area contributed by atoms with Gasteiger partial charge in [0.25, 0.3) is 0 Å². The lowest BCUT2D eigenvalue weighted by molar-refractivity contribution is -0.727. The van der Waals surface area contributed by atoms with Crippen LogP contribution in [0.2, 0.25) is 0 Å². The first kappa shape index (κ1) is 26.2. The molecule has 0 amide bonds. The van der Waals surface area contributed by atoms with Gasteiger partial charge in [-0.15, -0.1) is 0 Å². The third-order valence-electron chi connectivity index (χ3n) is 11.0. The number of aliphatic hydroxyl groups excluding tert-OH is 1. The van der Waals surface area contributed by atoms with Crippen LogP contribution in [-0.4, -0.2) is 85.7 Å². The van der Waals surface area contributed by atoms with Crippen LogP contribution < -0.4 is 5.32 Å². The van der Waals surface area contributed by atoms with Gasteiger partial charge in [-0.25, -0.2) is 0 Å². The van der Waals surface area contributed by atoms with Crippen molar-refractivity contribution in [3.63, 3.8) is 0 Å². The van der Waals surface area contributed by atoms with Gasteiger partial charge >= 0.3 is 5.97 Å². The minimum Gasteiger partial charge on any atom is -0.462 e. The molecule has 0 aromatic rings. The molecule has 0 aromatic carbocycles. The number of likely N-dealkylation sites (tertiary alicyclic amines) is 1. The summed E-state index contributed by atoms with van der Waals surface area (Å²) in [6.45, 7) is 3.84. The number of ketones is 1. The van der Waals surface area contributed by atoms with E-state index in [1.54, 1.807) is 7.11 Å². The second-order valence-electron chi connectivity index (χ2n) is 12.8. The quantitative estimate of drug-likeness (QED) is 0.543. The fourth-order valence-electron chi connectivity index (χ4n) is 9.14. The molecular weight excluding hydrogens is 472 g/mol. The van der Waals surface area contributed by atoms with E-state index in [2.05, 4.69) is 10.2 Å². The van der Waals surface area contributed by atoms with Gasteiger partial charge in [0.1, 0.15) is 18.1 Å². The number of hydrogen-bond acceptors (Lipinski definition) is 7. The van der Waals surface area contributed by atoms with Crippen LogP contribution in [0, 0.1) is 35.5 Å². The molecule has 3 N–H and O–H groups in total. The van der Waals surface area contributed by atoms with Gasteiger partial charge in [-0.1, -0.05) is 6.42 Å². The number of rotatable bonds is 4. The van der Waals surface area contributed by atoms with Crippen LogP contribution in [0.15, 0.2) is 0 Å². The Kier molecular flexibility index (Phi) is 7.93. The third kappa shape index (κ3) is 5.02. The number of nitrogens with zero attached hydrogens (tertiary/aromatic N) is 1. The minimum atomic E-state index is -0.806. The van der Waals surface area contributed by atoms with Crippen molar-refractivity contribution in [3.8, 4) is 0 Å². The second kappa shape index (κ2) is 11.2. The van der Waals surface area contributed by atoms with E-state index in [9.17, 15) is 14.7 Å². The number of esters is 1. The number of fused-ring (bicyclic) bond motifs is 3. The van der Waals surface area contributed by atoms with Crippen LogP contribution in [0.1, 0.15) is 70.6 Å². The topological polar surface area (TPSA) is 102 Å². The molecule has 37 heavy (non-hydrogen) atoms. The summed E-state index contributed by atoms with van der Waals surface area (Å²) in [5.41, 5.74) is 0. The molecule has 208 valence electrons. The van der Waals surface area contributed by atoms with Gasteiger partial charge in [0.05, 0.1) is 37.4 Å². The zero-order valence-electron chi connectivity index (χ0n) is 22.5. The first-order chi connectivity index (χ1) is 18.0. The van der Waals surface area contributed by atoms with Gasteiger partial charge in [0, 0.05) is 50.8 Å². The summed E-state index contributed by atoms with van der Waals surface area (Å²) in [6.07, 6.45) is 9.93. The molecule has 8 heteroatoms. The number of nitrogens with two attached hydrogens (primary N) is 1. The van der Waals surface area contributed by atoms with Crippen molar-refractivity contribution in [2.45, 2.75) is 101 Å². The number of ether oxygens (including phenoxy) is 3. The van der Waals surface area contributed by atoms with Crippen LogP contribution >= 0.6 is 0 Å². The Morgan fingerprint density at radius 3 is 2.54 bits per heavy atom. The predicted octanol–water partition coefficient (Wildman–Crippen LogP) is 1.49. The smallest absolute Gasteiger partial charge is 0.306 e. The summed E-state index contributed by atoms with van der Waals surface area (Å²) >= 11 is 0. The normalized spacial score (nSPS) is 47.6. The monoisotopic (exact) mass is 519 g/mol. The van der Waals surface area contributed by atoms with E-state index in [4.69, 9.17) is 14.2 Å². The molecule has 0 aromatic heterocycles. The fourth-order valence-corrected chi connectivity index (χ4v) is 9.14. The van der Waals surface area contributed by atoms with Gasteiger partial charge in [0.2, 0.25) is 0 Å². The standard InChI is InChI=1S/C29H46N2O6/c1-35-18-9-7-17(8-10-18)21-16-36-28-25-20(14-24(33)37-23(25)15-22(32)26(28)27(21)34)19-6-5-11-30-29(19)31-12-3-2-4-13-31/h17-23,25-26,28-30,32H,2-16H2,1H3/p+1/t17?,18?,19?,20-,21?,22?,23?,25?,26?,28?,29?/m1/s1. The zero-order valence-corrected chi connectivity index (χ0v) is 22.5. The van der Waals surface area contributed by atoms with Crippen LogP contribution in [0.25, 0.3) is 0 Å². The molecule has 6 aliphatic rings. The lowest BCUT2D eigenvalue weighted by atomic mass is 9.59. The molecule has 4 heterocycles. The molecule has 6 rings (SSSR count). The first-order valence-corrected chi connectivity index (χ1v) is 15.2. The number of hydrogen-bond donors (Lipinski definition) is 2. The van der Waals surface area contributed by atoms with Crippen LogP contribution in [0.5, 0.6) is 0 Å². The first-order valence-electron chi connectivity index (χ1n) is 15.2. The number of aliphatic hydroxyl groups is 1. The molecular formula is C29H47N2O6+. The molecule has 8 unspecified atom stereocenters. The van der Waals surface area contributed by atoms with Gasteiger partial charge in [-0.2, -0.15) is 0 Å². The SMILES string of the molecule is COC1CCC(C2COC3C(C2=O)C(O)CC2OC(=O)C[C@H](C4CCC[NH2+]C4N4CCCCC4)C23)CC1. The molecule has 0 spiro atoms. The van der Waals surface area contributed by atoms with Crippen LogP contribution in [0.4, 0.5) is 0 Å². The van der Waals surface area contributed by atoms with E-state index >= 15 is 0 Å². The lowest BCUT2D eigenvalue weighted by Crippen LogP contribution is -2.97. The highest BCUT2D eigenvalue weighted by molar-refractivity contribution is 5.86. The Balaban J connectivity index is 1.23. The summed E-state index contributed by atoms with van der Waals surface area (Å²) in [5.74, 6) is 0.223. The Hall–Kier alpha value is -1.06. The molecule has 0 radical (unpaired) electrons. The Morgan fingerprint density at radius 1 is 1.00 bits per heavy atom. The minimum absolute atomic E-state index is 0.0102. The maximum Gasteiger partial charge on any atom is 0.306 e. The summed E-state index contributed by atoms with van der Waals surface area (Å²) in [4.78, 5) is 29.5. The van der Waals surface area contributed by atoms with Crippen molar-refractivity contribution < 1.29 is 34.2 Å². The van der Waals surface area contributed by atoms with E-state index in [-0.39, 0.29) is 41.7 Å². The summed E-state index contributed by atoms with van der Waals surface area (Å²) in [5, 5.41) is 13.7. The van der Waals surface area contributed by atoms with Crippen molar-refractivity contribution in [1.82, 2.24) is 4.90 Å². The van der Waals surface area contributed by atoms with Gasteiger partial charge in [-0.3, -0.25) is 14.5 Å². The largest absolute Gasteiger partial charge is 0.462 e. The van der Waals surface area contributed by atoms with Crippen LogP contribution in [0.3, 0.4) is 0 Å². The molecule has 4 aliphatic heterocycles. The van der Waals surface area contributed by atoms with Gasteiger partial charge in [-0.05, 0) is 63.2 Å². The highest BCUT2D eigenvalue weighted by Gasteiger charge is 2.60. The van der Waals surface area contributed by atoms with E-state index in [1.807, 2.05) is 0 Å². The number of quaternary nitrogens is 1. The molecule has 0 bridgehead atoms. The number of Topliss-reactive ketones (excluding diaryl/α,β-unsaturated/α-hetero) is 1.